The van der Waals surface area contributed by atoms with Crippen molar-refractivity contribution in [3.8, 4) is 6.07 Å². The van der Waals surface area contributed by atoms with Crippen LogP contribution in [-0.2, 0) is 0 Å². The summed E-state index contributed by atoms with van der Waals surface area (Å²) in [6.45, 7) is 0. The van der Waals surface area contributed by atoms with Crippen molar-refractivity contribution < 1.29 is 0 Å². The number of fused-ring (bicyclic) bond motifs is 1. The summed E-state index contributed by atoms with van der Waals surface area (Å²) in [4.78, 5) is 2.28. The van der Waals surface area contributed by atoms with Crippen LogP contribution in [0.15, 0.2) is 101 Å². The number of hydrogen-bond acceptors (Lipinski definition) is 2. The molecule has 0 atom stereocenters. The molecular weight excluding hydrogens is 382 g/mol. The minimum absolute atomic E-state index is 0.656. The summed E-state index contributed by atoms with van der Waals surface area (Å²) in [5, 5.41) is 12.7. The zero-order valence-electron chi connectivity index (χ0n) is 15.0. The van der Waals surface area contributed by atoms with Gasteiger partial charge in [-0.15, -0.1) is 0 Å². The summed E-state index contributed by atoms with van der Waals surface area (Å²) in [5.74, 6) is 0. The summed E-state index contributed by atoms with van der Waals surface area (Å²) in [7, 11) is 0. The van der Waals surface area contributed by atoms with E-state index < -0.39 is 0 Å². The monoisotopic (exact) mass is 397 g/mol. The molecule has 0 radical (unpaired) electrons. The van der Waals surface area contributed by atoms with E-state index in [-0.39, 0.29) is 0 Å². The second-order valence-corrected chi connectivity index (χ2v) is 7.94. The van der Waals surface area contributed by atoms with Gasteiger partial charge in [0.1, 0.15) is 0 Å². The van der Waals surface area contributed by atoms with E-state index in [1.807, 2.05) is 60.7 Å². The number of nitriles is 1. The van der Waals surface area contributed by atoms with Crippen LogP contribution < -0.4 is 0 Å². The van der Waals surface area contributed by atoms with E-state index in [0.717, 1.165) is 31.3 Å². The molecule has 0 saturated carbocycles. The van der Waals surface area contributed by atoms with E-state index in [1.165, 1.54) is 5.39 Å². The molecule has 0 fully saturated rings. The van der Waals surface area contributed by atoms with Crippen LogP contribution in [0.4, 0.5) is 0 Å². The van der Waals surface area contributed by atoms with Crippen molar-refractivity contribution in [2.75, 3.05) is 0 Å². The standard InChI is InChI=1S/C25H16ClNS/c26-23-9-13-25(14-10-23)28-24-11-5-18(6-12-24)15-22(17-27)21-8-7-19-3-1-2-4-20(19)16-21/h1-16H/b22-15-. The lowest BCUT2D eigenvalue weighted by Gasteiger charge is -2.05. The van der Waals surface area contributed by atoms with Crippen molar-refractivity contribution in [3.05, 3.63) is 107 Å². The average Bonchev–Trinajstić information content (AvgIpc) is 2.74. The lowest BCUT2D eigenvalue weighted by atomic mass is 10.0. The van der Waals surface area contributed by atoms with Gasteiger partial charge in [-0.2, -0.15) is 5.26 Å². The topological polar surface area (TPSA) is 23.8 Å². The molecule has 134 valence electrons. The maximum atomic E-state index is 9.65. The van der Waals surface area contributed by atoms with Gasteiger partial charge in [0.25, 0.3) is 0 Å². The van der Waals surface area contributed by atoms with Crippen LogP contribution in [0.3, 0.4) is 0 Å². The maximum absolute atomic E-state index is 9.65. The van der Waals surface area contributed by atoms with E-state index in [4.69, 9.17) is 11.6 Å². The maximum Gasteiger partial charge on any atom is 0.0998 e. The minimum atomic E-state index is 0.656. The van der Waals surface area contributed by atoms with Crippen molar-refractivity contribution in [1.29, 1.82) is 5.26 Å². The first kappa shape index (κ1) is 18.4. The number of rotatable bonds is 4. The number of benzene rings is 4. The van der Waals surface area contributed by atoms with Crippen LogP contribution in [0.5, 0.6) is 0 Å². The highest BCUT2D eigenvalue weighted by Crippen LogP contribution is 2.29. The number of allylic oxidation sites excluding steroid dienone is 1. The van der Waals surface area contributed by atoms with Crippen LogP contribution in [-0.4, -0.2) is 0 Å². The molecule has 28 heavy (non-hydrogen) atoms. The highest BCUT2D eigenvalue weighted by Gasteiger charge is 2.04. The third kappa shape index (κ3) is 4.28. The van der Waals surface area contributed by atoms with Gasteiger partial charge in [-0.25, -0.2) is 0 Å². The van der Waals surface area contributed by atoms with Gasteiger partial charge in [0.05, 0.1) is 11.6 Å². The van der Waals surface area contributed by atoms with Crippen LogP contribution >= 0.6 is 23.4 Å². The van der Waals surface area contributed by atoms with Crippen LogP contribution in [0.2, 0.25) is 5.02 Å². The second-order valence-electron chi connectivity index (χ2n) is 6.36. The Hall–Kier alpha value is -2.99. The fourth-order valence-electron chi connectivity index (χ4n) is 2.97. The van der Waals surface area contributed by atoms with Gasteiger partial charge in [0.2, 0.25) is 0 Å². The van der Waals surface area contributed by atoms with Gasteiger partial charge in [-0.3, -0.25) is 0 Å². The van der Waals surface area contributed by atoms with Crippen molar-refractivity contribution in [2.45, 2.75) is 9.79 Å². The molecule has 0 saturated heterocycles. The molecule has 1 nitrogen and oxygen atoms in total. The molecule has 0 heterocycles. The molecule has 0 aliphatic heterocycles. The molecule has 4 aromatic carbocycles. The zero-order chi connectivity index (χ0) is 19.3. The van der Waals surface area contributed by atoms with Crippen LogP contribution in [0.1, 0.15) is 11.1 Å². The second kappa shape index (κ2) is 8.35. The number of hydrogen-bond donors (Lipinski definition) is 0. The third-order valence-corrected chi connectivity index (χ3v) is 5.69. The number of nitrogens with zero attached hydrogens (tertiary/aromatic N) is 1. The summed E-state index contributed by atoms with van der Waals surface area (Å²) < 4.78 is 0. The van der Waals surface area contributed by atoms with Gasteiger partial charge >= 0.3 is 0 Å². The minimum Gasteiger partial charge on any atom is -0.192 e. The fraction of sp³-hybridized carbons (Fsp3) is 0. The van der Waals surface area contributed by atoms with Crippen molar-refractivity contribution in [1.82, 2.24) is 0 Å². The summed E-state index contributed by atoms with van der Waals surface area (Å²) in [6, 6.07) is 32.7. The quantitative estimate of drug-likeness (QED) is 0.260. The normalized spacial score (nSPS) is 11.4. The SMILES string of the molecule is N#C/C(=C/c1ccc(Sc2ccc(Cl)cc2)cc1)c1ccc2ccccc2c1. The Bertz CT molecular complexity index is 1190. The van der Waals surface area contributed by atoms with E-state index >= 15 is 0 Å². The zero-order valence-corrected chi connectivity index (χ0v) is 16.5. The van der Waals surface area contributed by atoms with Gasteiger partial charge in [-0.1, -0.05) is 71.9 Å². The fourth-order valence-corrected chi connectivity index (χ4v) is 3.92. The number of halogens is 1. The molecule has 0 aliphatic carbocycles. The molecule has 0 spiro atoms. The van der Waals surface area contributed by atoms with Crippen molar-refractivity contribution in [3.63, 3.8) is 0 Å². The predicted octanol–water partition coefficient (Wildman–Crippen LogP) is 7.71. The van der Waals surface area contributed by atoms with Gasteiger partial charge < -0.3 is 0 Å². The molecule has 4 rings (SSSR count). The smallest absolute Gasteiger partial charge is 0.0998 e. The molecule has 4 aromatic rings. The molecular formula is C25H16ClNS. The highest BCUT2D eigenvalue weighted by atomic mass is 35.5. The van der Waals surface area contributed by atoms with Crippen molar-refractivity contribution in [2.24, 2.45) is 0 Å². The Morgan fingerprint density at radius 1 is 0.786 bits per heavy atom. The first-order valence-electron chi connectivity index (χ1n) is 8.86. The largest absolute Gasteiger partial charge is 0.192 e. The van der Waals surface area contributed by atoms with E-state index in [2.05, 4.69) is 42.5 Å². The van der Waals surface area contributed by atoms with E-state index in [9.17, 15) is 5.26 Å². The summed E-state index contributed by atoms with van der Waals surface area (Å²) in [6.07, 6.45) is 1.93. The van der Waals surface area contributed by atoms with Gasteiger partial charge in [-0.05, 0) is 70.4 Å². The highest BCUT2D eigenvalue weighted by molar-refractivity contribution is 7.99. The van der Waals surface area contributed by atoms with E-state index in [0.29, 0.717) is 5.57 Å². The van der Waals surface area contributed by atoms with Crippen LogP contribution in [0, 0.1) is 11.3 Å². The molecule has 0 bridgehead atoms. The Balaban J connectivity index is 1.57. The van der Waals surface area contributed by atoms with Crippen LogP contribution in [0.25, 0.3) is 22.4 Å². The van der Waals surface area contributed by atoms with E-state index in [1.54, 1.807) is 11.8 Å². The molecule has 0 amide bonds. The summed E-state index contributed by atoms with van der Waals surface area (Å²) >= 11 is 7.62. The Labute approximate surface area is 173 Å². The summed E-state index contributed by atoms with van der Waals surface area (Å²) in [5.41, 5.74) is 2.59. The molecule has 0 aromatic heterocycles. The van der Waals surface area contributed by atoms with Gasteiger partial charge in [0.15, 0.2) is 0 Å². The molecule has 0 N–H and O–H groups in total. The lowest BCUT2D eigenvalue weighted by Crippen LogP contribution is -1.83. The molecule has 0 aliphatic rings. The predicted molar refractivity (Wildman–Crippen MR) is 119 cm³/mol. The Morgan fingerprint density at radius 3 is 2.11 bits per heavy atom. The average molecular weight is 398 g/mol. The first-order chi connectivity index (χ1) is 13.7. The molecule has 0 unspecified atom stereocenters. The van der Waals surface area contributed by atoms with Crippen molar-refractivity contribution >= 4 is 45.8 Å². The Kier molecular flexibility index (Phi) is 5.48. The lowest BCUT2D eigenvalue weighted by molar-refractivity contribution is 1.40. The molecule has 3 heteroatoms. The van der Waals surface area contributed by atoms with Gasteiger partial charge in [0, 0.05) is 14.8 Å². The third-order valence-electron chi connectivity index (χ3n) is 4.42. The first-order valence-corrected chi connectivity index (χ1v) is 10.1. The Morgan fingerprint density at radius 2 is 1.43 bits per heavy atom.